The monoisotopic (exact) mass is 314 g/mol. The van der Waals surface area contributed by atoms with Gasteiger partial charge in [0.1, 0.15) is 6.10 Å². The van der Waals surface area contributed by atoms with Crippen molar-refractivity contribution in [3.05, 3.63) is 12.4 Å². The first-order chi connectivity index (χ1) is 9.94. The Hall–Kier alpha value is -1.41. The van der Waals surface area contributed by atoms with Gasteiger partial charge in [-0.25, -0.2) is 18.4 Å². The van der Waals surface area contributed by atoms with Crippen LogP contribution >= 0.6 is 0 Å². The highest BCUT2D eigenvalue weighted by molar-refractivity contribution is 7.89. The van der Waals surface area contributed by atoms with Gasteiger partial charge >= 0.3 is 0 Å². The number of aromatic nitrogens is 2. The Bertz CT molecular complexity index is 577. The predicted octanol–water partition coefficient (Wildman–Crippen LogP) is 0.735. The van der Waals surface area contributed by atoms with Crippen LogP contribution in [0.3, 0.4) is 0 Å². The van der Waals surface area contributed by atoms with Crippen molar-refractivity contribution in [1.29, 1.82) is 0 Å². The SMILES string of the molecule is CCCS(=O)(=O)N1CCC(Oc2nccnc2N(C)C)C1. The molecule has 7 nitrogen and oxygen atoms in total. The summed E-state index contributed by atoms with van der Waals surface area (Å²) in [7, 11) is 0.574. The molecule has 2 rings (SSSR count). The Morgan fingerprint density at radius 1 is 1.38 bits per heavy atom. The van der Waals surface area contributed by atoms with E-state index in [2.05, 4.69) is 9.97 Å². The minimum absolute atomic E-state index is 0.174. The number of nitrogens with zero attached hydrogens (tertiary/aromatic N) is 4. The first kappa shape index (κ1) is 16.0. The molecule has 1 atom stereocenters. The molecule has 0 spiro atoms. The first-order valence-electron chi connectivity index (χ1n) is 7.07. The summed E-state index contributed by atoms with van der Waals surface area (Å²) in [6, 6.07) is 0. The highest BCUT2D eigenvalue weighted by Gasteiger charge is 2.32. The second kappa shape index (κ2) is 6.57. The van der Waals surface area contributed by atoms with Crippen LogP contribution in [0.4, 0.5) is 5.82 Å². The number of hydrogen-bond acceptors (Lipinski definition) is 6. The molecule has 0 amide bonds. The van der Waals surface area contributed by atoms with E-state index in [0.29, 0.717) is 37.6 Å². The standard InChI is InChI=1S/C13H22N4O3S/c1-4-9-21(18,19)17-8-5-11(10-17)20-13-12(16(2)3)14-6-7-15-13/h6-7,11H,4-5,8-10H2,1-3H3. The summed E-state index contributed by atoms with van der Waals surface area (Å²) >= 11 is 0. The van der Waals surface area contributed by atoms with E-state index in [1.165, 1.54) is 4.31 Å². The van der Waals surface area contributed by atoms with Gasteiger partial charge in [0, 0.05) is 33.0 Å². The van der Waals surface area contributed by atoms with E-state index in [1.807, 2.05) is 25.9 Å². The zero-order valence-corrected chi connectivity index (χ0v) is 13.5. The van der Waals surface area contributed by atoms with E-state index in [-0.39, 0.29) is 11.9 Å². The Kier molecular flexibility index (Phi) is 5.00. The Morgan fingerprint density at radius 3 is 2.76 bits per heavy atom. The normalized spacial score (nSPS) is 19.7. The van der Waals surface area contributed by atoms with Gasteiger partial charge in [0.05, 0.1) is 12.3 Å². The van der Waals surface area contributed by atoms with Crippen molar-refractivity contribution in [3.8, 4) is 5.88 Å². The number of anilines is 1. The molecule has 1 aromatic heterocycles. The summed E-state index contributed by atoms with van der Waals surface area (Å²) in [4.78, 5) is 10.2. The van der Waals surface area contributed by atoms with Gasteiger partial charge in [-0.05, 0) is 12.8 Å². The van der Waals surface area contributed by atoms with Crippen molar-refractivity contribution in [3.63, 3.8) is 0 Å². The van der Waals surface area contributed by atoms with Crippen molar-refractivity contribution in [2.75, 3.05) is 37.8 Å². The van der Waals surface area contributed by atoms with Crippen LogP contribution in [-0.2, 0) is 10.0 Å². The first-order valence-corrected chi connectivity index (χ1v) is 8.67. The molecular weight excluding hydrogens is 292 g/mol. The molecule has 0 saturated carbocycles. The summed E-state index contributed by atoms with van der Waals surface area (Å²) in [6.07, 6.45) is 4.30. The number of rotatable bonds is 6. The average Bonchev–Trinajstić information content (AvgIpc) is 2.88. The molecule has 0 aromatic carbocycles. The maximum absolute atomic E-state index is 12.0. The molecule has 1 aliphatic rings. The summed E-state index contributed by atoms with van der Waals surface area (Å²) in [5.74, 6) is 1.28. The molecule has 8 heteroatoms. The lowest BCUT2D eigenvalue weighted by atomic mass is 10.3. The third kappa shape index (κ3) is 3.82. The van der Waals surface area contributed by atoms with E-state index in [1.54, 1.807) is 12.4 Å². The molecule has 118 valence electrons. The van der Waals surface area contributed by atoms with Gasteiger partial charge in [-0.2, -0.15) is 4.31 Å². The number of ether oxygens (including phenoxy) is 1. The van der Waals surface area contributed by atoms with E-state index in [9.17, 15) is 8.42 Å². The van der Waals surface area contributed by atoms with Crippen molar-refractivity contribution in [2.45, 2.75) is 25.9 Å². The maximum atomic E-state index is 12.0. The van der Waals surface area contributed by atoms with Crippen LogP contribution in [0.1, 0.15) is 19.8 Å². The van der Waals surface area contributed by atoms with E-state index in [0.717, 1.165) is 0 Å². The van der Waals surface area contributed by atoms with Crippen LogP contribution in [0.2, 0.25) is 0 Å². The molecule has 0 bridgehead atoms. The Labute approximate surface area is 126 Å². The Balaban J connectivity index is 2.04. The van der Waals surface area contributed by atoms with Crippen LogP contribution in [0, 0.1) is 0 Å². The highest BCUT2D eigenvalue weighted by atomic mass is 32.2. The van der Waals surface area contributed by atoms with Crippen LogP contribution in [0.5, 0.6) is 5.88 Å². The lowest BCUT2D eigenvalue weighted by Crippen LogP contribution is -2.32. The van der Waals surface area contributed by atoms with Gasteiger partial charge in [0.25, 0.3) is 5.88 Å². The fraction of sp³-hybridized carbons (Fsp3) is 0.692. The summed E-state index contributed by atoms with van der Waals surface area (Å²) in [5, 5.41) is 0. The molecule has 2 heterocycles. The van der Waals surface area contributed by atoms with Crippen LogP contribution in [0.25, 0.3) is 0 Å². The van der Waals surface area contributed by atoms with Crippen molar-refractivity contribution in [2.24, 2.45) is 0 Å². The minimum atomic E-state index is -3.15. The van der Waals surface area contributed by atoms with Crippen LogP contribution in [0.15, 0.2) is 12.4 Å². The second-order valence-corrected chi connectivity index (χ2v) is 7.37. The van der Waals surface area contributed by atoms with E-state index < -0.39 is 10.0 Å². The lowest BCUT2D eigenvalue weighted by molar-refractivity contribution is 0.207. The highest BCUT2D eigenvalue weighted by Crippen LogP contribution is 2.25. The van der Waals surface area contributed by atoms with Crippen LogP contribution < -0.4 is 9.64 Å². The zero-order valence-electron chi connectivity index (χ0n) is 12.7. The third-order valence-electron chi connectivity index (χ3n) is 3.31. The predicted molar refractivity (Wildman–Crippen MR) is 81.0 cm³/mol. The van der Waals surface area contributed by atoms with Gasteiger partial charge in [-0.3, -0.25) is 0 Å². The van der Waals surface area contributed by atoms with Gasteiger partial charge in [-0.1, -0.05) is 6.92 Å². The average molecular weight is 314 g/mol. The second-order valence-electron chi connectivity index (χ2n) is 5.28. The van der Waals surface area contributed by atoms with Gasteiger partial charge in [-0.15, -0.1) is 0 Å². The largest absolute Gasteiger partial charge is 0.470 e. The van der Waals surface area contributed by atoms with Crippen LogP contribution in [-0.4, -0.2) is 61.7 Å². The van der Waals surface area contributed by atoms with Crippen molar-refractivity contribution in [1.82, 2.24) is 14.3 Å². The molecule has 0 radical (unpaired) electrons. The molecule has 1 aromatic rings. The van der Waals surface area contributed by atoms with Crippen molar-refractivity contribution >= 4 is 15.8 Å². The Morgan fingerprint density at radius 2 is 2.10 bits per heavy atom. The molecule has 1 aliphatic heterocycles. The van der Waals surface area contributed by atoms with Gasteiger partial charge in [0.15, 0.2) is 5.82 Å². The fourth-order valence-corrected chi connectivity index (χ4v) is 3.85. The maximum Gasteiger partial charge on any atom is 0.257 e. The lowest BCUT2D eigenvalue weighted by Gasteiger charge is -2.19. The quantitative estimate of drug-likeness (QED) is 0.771. The molecule has 0 N–H and O–H groups in total. The summed E-state index contributed by atoms with van der Waals surface area (Å²) in [6.45, 7) is 2.75. The number of hydrogen-bond donors (Lipinski definition) is 0. The molecule has 1 unspecified atom stereocenters. The van der Waals surface area contributed by atoms with E-state index >= 15 is 0 Å². The number of sulfonamides is 1. The summed E-state index contributed by atoms with van der Waals surface area (Å²) in [5.41, 5.74) is 0. The minimum Gasteiger partial charge on any atom is -0.470 e. The van der Waals surface area contributed by atoms with Crippen molar-refractivity contribution < 1.29 is 13.2 Å². The van der Waals surface area contributed by atoms with Gasteiger partial charge < -0.3 is 9.64 Å². The smallest absolute Gasteiger partial charge is 0.257 e. The molecular formula is C13H22N4O3S. The topological polar surface area (TPSA) is 75.6 Å². The zero-order chi connectivity index (χ0) is 15.5. The van der Waals surface area contributed by atoms with E-state index in [4.69, 9.17) is 4.74 Å². The molecule has 1 saturated heterocycles. The molecule has 0 aliphatic carbocycles. The third-order valence-corrected chi connectivity index (χ3v) is 5.35. The van der Waals surface area contributed by atoms with Gasteiger partial charge in [0.2, 0.25) is 10.0 Å². The fourth-order valence-electron chi connectivity index (χ4n) is 2.30. The molecule has 21 heavy (non-hydrogen) atoms. The molecule has 1 fully saturated rings. The summed E-state index contributed by atoms with van der Waals surface area (Å²) < 4.78 is 31.4.